The number of aliphatic hydroxyl groups excluding tert-OH is 1. The summed E-state index contributed by atoms with van der Waals surface area (Å²) < 4.78 is 0. The molecule has 0 bridgehead atoms. The van der Waals surface area contributed by atoms with Gasteiger partial charge in [-0.15, -0.1) is 0 Å². The number of carbonyl (C=O) groups excluding carboxylic acids is 2. The first kappa shape index (κ1) is 8.77. The molecular formula is C8H11NO3. The van der Waals surface area contributed by atoms with Crippen LogP contribution >= 0.6 is 0 Å². The van der Waals surface area contributed by atoms with E-state index in [0.717, 1.165) is 0 Å². The Labute approximate surface area is 70.3 Å². The number of aliphatic hydroxyl groups is 1. The SMILES string of the molecule is CC(C)/C(O)=C1/C(=O)CNC1=O. The van der Waals surface area contributed by atoms with Gasteiger partial charge in [0.05, 0.1) is 6.54 Å². The van der Waals surface area contributed by atoms with Gasteiger partial charge in [-0.3, -0.25) is 9.59 Å². The molecule has 4 nitrogen and oxygen atoms in total. The first-order valence-corrected chi connectivity index (χ1v) is 3.78. The van der Waals surface area contributed by atoms with Crippen molar-refractivity contribution in [1.82, 2.24) is 5.32 Å². The molecule has 66 valence electrons. The van der Waals surface area contributed by atoms with Gasteiger partial charge < -0.3 is 10.4 Å². The normalized spacial score (nSPS) is 21.6. The smallest absolute Gasteiger partial charge is 0.258 e. The summed E-state index contributed by atoms with van der Waals surface area (Å²) in [4.78, 5) is 22.0. The fourth-order valence-corrected chi connectivity index (χ4v) is 1.01. The zero-order valence-corrected chi connectivity index (χ0v) is 7.05. The van der Waals surface area contributed by atoms with Crippen LogP contribution in [0.15, 0.2) is 11.3 Å². The summed E-state index contributed by atoms with van der Waals surface area (Å²) in [5.41, 5.74) is -0.0787. The topological polar surface area (TPSA) is 66.4 Å². The van der Waals surface area contributed by atoms with Crippen LogP contribution in [0.3, 0.4) is 0 Å². The second kappa shape index (κ2) is 2.97. The molecule has 12 heavy (non-hydrogen) atoms. The molecule has 0 radical (unpaired) electrons. The first-order chi connectivity index (χ1) is 5.54. The molecule has 0 spiro atoms. The molecule has 1 saturated heterocycles. The van der Waals surface area contributed by atoms with Crippen molar-refractivity contribution in [2.45, 2.75) is 13.8 Å². The third-order valence-electron chi connectivity index (χ3n) is 1.72. The summed E-state index contributed by atoms with van der Waals surface area (Å²) in [6, 6.07) is 0. The minimum absolute atomic E-state index is 0.00491. The van der Waals surface area contributed by atoms with Gasteiger partial charge in [-0.05, 0) is 0 Å². The second-order valence-corrected chi connectivity index (χ2v) is 3.02. The lowest BCUT2D eigenvalue weighted by Crippen LogP contribution is -2.15. The number of amides is 1. The average molecular weight is 169 g/mol. The van der Waals surface area contributed by atoms with E-state index in [9.17, 15) is 14.7 Å². The minimum atomic E-state index is -0.466. The zero-order chi connectivity index (χ0) is 9.30. The van der Waals surface area contributed by atoms with E-state index in [0.29, 0.717) is 0 Å². The predicted molar refractivity (Wildman–Crippen MR) is 42.5 cm³/mol. The Morgan fingerprint density at radius 1 is 1.50 bits per heavy atom. The molecule has 0 atom stereocenters. The number of hydrogen-bond acceptors (Lipinski definition) is 3. The van der Waals surface area contributed by atoms with E-state index in [1.54, 1.807) is 13.8 Å². The van der Waals surface area contributed by atoms with Crippen LogP contribution < -0.4 is 5.32 Å². The van der Waals surface area contributed by atoms with Crippen molar-refractivity contribution in [3.63, 3.8) is 0 Å². The molecule has 1 aliphatic heterocycles. The third-order valence-corrected chi connectivity index (χ3v) is 1.72. The monoisotopic (exact) mass is 169 g/mol. The molecule has 2 N–H and O–H groups in total. The lowest BCUT2D eigenvalue weighted by molar-refractivity contribution is -0.117. The van der Waals surface area contributed by atoms with Crippen molar-refractivity contribution in [3.8, 4) is 0 Å². The molecular weight excluding hydrogens is 158 g/mol. The maximum atomic E-state index is 11.0. The fourth-order valence-electron chi connectivity index (χ4n) is 1.01. The number of Topliss-reactive ketones (excluding diaryl/α,β-unsaturated/α-hetero) is 1. The van der Waals surface area contributed by atoms with Gasteiger partial charge in [0.15, 0.2) is 5.78 Å². The number of hydrogen-bond donors (Lipinski definition) is 2. The largest absolute Gasteiger partial charge is 0.511 e. The second-order valence-electron chi connectivity index (χ2n) is 3.02. The fraction of sp³-hybridized carbons (Fsp3) is 0.500. The Balaban J connectivity index is 3.06. The Morgan fingerprint density at radius 3 is 2.42 bits per heavy atom. The van der Waals surface area contributed by atoms with Crippen LogP contribution in [0.25, 0.3) is 0 Å². The van der Waals surface area contributed by atoms with E-state index >= 15 is 0 Å². The number of carbonyl (C=O) groups is 2. The number of ketones is 1. The van der Waals surface area contributed by atoms with E-state index in [2.05, 4.69) is 5.32 Å². The molecule has 1 heterocycles. The van der Waals surface area contributed by atoms with Gasteiger partial charge in [-0.25, -0.2) is 0 Å². The third kappa shape index (κ3) is 1.32. The lowest BCUT2D eigenvalue weighted by atomic mass is 10.1. The lowest BCUT2D eigenvalue weighted by Gasteiger charge is -2.04. The van der Waals surface area contributed by atoms with Crippen LogP contribution in [-0.4, -0.2) is 23.3 Å². The van der Waals surface area contributed by atoms with Crippen LogP contribution in [0.5, 0.6) is 0 Å². The van der Waals surface area contributed by atoms with E-state index in [4.69, 9.17) is 0 Å². The molecule has 0 unspecified atom stereocenters. The highest BCUT2D eigenvalue weighted by Crippen LogP contribution is 2.15. The predicted octanol–water partition coefficient (Wildman–Crippen LogP) is 0.153. The van der Waals surface area contributed by atoms with Crippen molar-refractivity contribution in [2.75, 3.05) is 6.54 Å². The van der Waals surface area contributed by atoms with E-state index in [1.165, 1.54) is 0 Å². The molecule has 1 amide bonds. The van der Waals surface area contributed by atoms with Crippen molar-refractivity contribution in [1.29, 1.82) is 0 Å². The molecule has 1 aliphatic rings. The quantitative estimate of drug-likeness (QED) is 0.333. The number of allylic oxidation sites excluding steroid dienone is 1. The van der Waals surface area contributed by atoms with Crippen molar-refractivity contribution in [3.05, 3.63) is 11.3 Å². The van der Waals surface area contributed by atoms with Crippen LogP contribution in [0.1, 0.15) is 13.8 Å². The van der Waals surface area contributed by atoms with Gasteiger partial charge in [0, 0.05) is 5.92 Å². The maximum absolute atomic E-state index is 11.0. The summed E-state index contributed by atoms with van der Waals surface area (Å²) in [5, 5.41) is 11.7. The molecule has 0 aromatic rings. The Kier molecular flexibility index (Phi) is 2.17. The van der Waals surface area contributed by atoms with Crippen LogP contribution in [0.4, 0.5) is 0 Å². The highest BCUT2D eigenvalue weighted by Gasteiger charge is 2.30. The van der Waals surface area contributed by atoms with Gasteiger partial charge in [0.1, 0.15) is 11.3 Å². The number of rotatable bonds is 1. The number of nitrogens with one attached hydrogen (secondary N) is 1. The van der Waals surface area contributed by atoms with E-state index in [-0.39, 0.29) is 29.6 Å². The van der Waals surface area contributed by atoms with Crippen molar-refractivity contribution in [2.24, 2.45) is 5.92 Å². The van der Waals surface area contributed by atoms with Crippen LogP contribution in [0.2, 0.25) is 0 Å². The summed E-state index contributed by atoms with van der Waals surface area (Å²) in [5.74, 6) is -1.10. The standard InChI is InChI=1S/C8H11NO3/c1-4(2)7(11)6-5(10)3-9-8(6)12/h4,11H,3H2,1-2H3,(H,9,12)/b7-6+. The highest BCUT2D eigenvalue weighted by molar-refractivity contribution is 6.25. The Morgan fingerprint density at radius 2 is 2.08 bits per heavy atom. The molecule has 4 heteroatoms. The highest BCUT2D eigenvalue weighted by atomic mass is 16.3. The van der Waals surface area contributed by atoms with Crippen LogP contribution in [0, 0.1) is 5.92 Å². The zero-order valence-electron chi connectivity index (χ0n) is 7.05. The van der Waals surface area contributed by atoms with Crippen molar-refractivity contribution >= 4 is 11.7 Å². The summed E-state index contributed by atoms with van der Waals surface area (Å²) in [7, 11) is 0. The van der Waals surface area contributed by atoms with E-state index < -0.39 is 5.91 Å². The Bertz CT molecular complexity index is 247. The van der Waals surface area contributed by atoms with Gasteiger partial charge >= 0.3 is 0 Å². The molecule has 0 aromatic carbocycles. The molecule has 0 saturated carbocycles. The van der Waals surface area contributed by atoms with Crippen molar-refractivity contribution < 1.29 is 14.7 Å². The summed E-state index contributed by atoms with van der Waals surface area (Å²) in [6.07, 6.45) is 0. The van der Waals surface area contributed by atoms with Gasteiger partial charge in [-0.1, -0.05) is 13.8 Å². The van der Waals surface area contributed by atoms with Crippen LogP contribution in [-0.2, 0) is 9.59 Å². The van der Waals surface area contributed by atoms with Gasteiger partial charge in [-0.2, -0.15) is 0 Å². The molecule has 1 fully saturated rings. The minimum Gasteiger partial charge on any atom is -0.511 e. The summed E-state index contributed by atoms with van der Waals surface area (Å²) in [6.45, 7) is 3.45. The summed E-state index contributed by atoms with van der Waals surface area (Å²) >= 11 is 0. The van der Waals surface area contributed by atoms with Gasteiger partial charge in [0.25, 0.3) is 5.91 Å². The molecule has 0 aromatic heterocycles. The molecule has 1 rings (SSSR count). The Hall–Kier alpha value is -1.32. The first-order valence-electron chi connectivity index (χ1n) is 3.78. The van der Waals surface area contributed by atoms with E-state index in [1.807, 2.05) is 0 Å². The average Bonchev–Trinajstić information content (AvgIpc) is 2.30. The maximum Gasteiger partial charge on any atom is 0.258 e. The van der Waals surface area contributed by atoms with Gasteiger partial charge in [0.2, 0.25) is 0 Å². The molecule has 0 aliphatic carbocycles.